The molecule has 10 rings (SSSR count). The van der Waals surface area contributed by atoms with E-state index >= 15 is 8.78 Å². The first-order valence-corrected chi connectivity index (χ1v) is 21.8. The number of nitrogens with one attached hydrogen (secondary N) is 2. The number of pyridine rings is 4. The van der Waals surface area contributed by atoms with E-state index in [9.17, 15) is 19.3 Å². The molecule has 4 aromatic carbocycles. The Morgan fingerprint density at radius 1 is 0.544 bits per heavy atom. The second-order valence-corrected chi connectivity index (χ2v) is 16.1. The molecule has 16 heteroatoms. The summed E-state index contributed by atoms with van der Waals surface area (Å²) in [5.74, 6) is -2.85. The molecule has 0 atom stereocenters. The van der Waals surface area contributed by atoms with E-state index in [-0.39, 0.29) is 21.8 Å². The molecule has 68 heavy (non-hydrogen) atoms. The van der Waals surface area contributed by atoms with Gasteiger partial charge in [-0.05, 0) is 74.5 Å². The average Bonchev–Trinajstić information content (AvgIpc) is 3.36. The molecule has 2 aliphatic rings. The smallest absolute Gasteiger partial charge is 0.137 e. The Bertz CT molecular complexity index is 3040. The van der Waals surface area contributed by atoms with Gasteiger partial charge in [0.15, 0.2) is 0 Å². The Hall–Kier alpha value is -8.18. The fourth-order valence-electron chi connectivity index (χ4n) is 8.42. The summed E-state index contributed by atoms with van der Waals surface area (Å²) in [4.78, 5) is 22.1. The van der Waals surface area contributed by atoms with Gasteiger partial charge in [0.2, 0.25) is 0 Å². The Kier molecular flexibility index (Phi) is 13.1. The lowest BCUT2D eigenvalue weighted by atomic mass is 10.0. The molecule has 0 unspecified atom stereocenters. The van der Waals surface area contributed by atoms with E-state index < -0.39 is 23.3 Å². The second-order valence-electron chi connectivity index (χ2n) is 16.1. The quantitative estimate of drug-likeness (QED) is 0.140. The monoisotopic (exact) mass is 914 g/mol. The highest BCUT2D eigenvalue weighted by molar-refractivity contribution is 5.99. The van der Waals surface area contributed by atoms with Gasteiger partial charge in [-0.25, -0.2) is 27.5 Å². The van der Waals surface area contributed by atoms with Gasteiger partial charge in [-0.3, -0.25) is 9.97 Å². The number of aromatic nitrogens is 4. The van der Waals surface area contributed by atoms with Gasteiger partial charge in [0.25, 0.3) is 0 Å². The predicted octanol–water partition coefficient (Wildman–Crippen LogP) is 10.7. The number of hydrogen-bond acceptors (Lipinski definition) is 12. The molecule has 6 heterocycles. The molecule has 0 amide bonds. The molecule has 2 fully saturated rings. The summed E-state index contributed by atoms with van der Waals surface area (Å²) in [5, 5.41) is 26.2. The molecule has 2 saturated heterocycles. The van der Waals surface area contributed by atoms with Crippen molar-refractivity contribution in [2.45, 2.75) is 13.8 Å². The zero-order chi connectivity index (χ0) is 47.3. The van der Waals surface area contributed by atoms with Crippen LogP contribution in [0.15, 0.2) is 109 Å². The summed E-state index contributed by atoms with van der Waals surface area (Å²) in [7, 11) is 0. The van der Waals surface area contributed by atoms with Crippen molar-refractivity contribution < 1.29 is 27.0 Å². The van der Waals surface area contributed by atoms with Crippen LogP contribution in [-0.4, -0.2) is 72.5 Å². The van der Waals surface area contributed by atoms with Crippen molar-refractivity contribution in [1.29, 1.82) is 10.5 Å². The minimum absolute atomic E-state index is 0.175. The number of ether oxygens (including phenoxy) is 2. The van der Waals surface area contributed by atoms with E-state index in [1.165, 1.54) is 12.1 Å². The standard InChI is InChI=1S/2C26H21F2N5O/c2*1-16-25(22-4-2-3-5-30-22)32-23-13-18(27)12-21(28)24(23)26(16)31-19-10-17(15-29)11-20(14-19)33-6-8-34-9-7-33/h2*2-5,10-14H,6-9H2,1H3,(H,31,32). The SMILES string of the molecule is Cc1c(-c2ccccn2)nc2cc(F)cc(F)c2c1Nc1cc(C#N)cc(N2CCOCC2)c1.Cc1c(-c2ccccn2)nc2cc(F)cc(F)c2c1Nc1cc(C#N)cc(N2CCOCC2)c1. The van der Waals surface area contributed by atoms with Crippen molar-refractivity contribution in [3.05, 3.63) is 155 Å². The van der Waals surface area contributed by atoms with Crippen molar-refractivity contribution in [2.24, 2.45) is 0 Å². The third kappa shape index (κ3) is 9.55. The summed E-state index contributed by atoms with van der Waals surface area (Å²) >= 11 is 0. The molecular formula is C52H42F4N10O2. The molecule has 0 spiro atoms. The van der Waals surface area contributed by atoms with Gasteiger partial charge >= 0.3 is 0 Å². The fourth-order valence-corrected chi connectivity index (χ4v) is 8.42. The number of halogens is 4. The number of anilines is 6. The lowest BCUT2D eigenvalue weighted by molar-refractivity contribution is 0.122. The second kappa shape index (κ2) is 19.7. The number of benzene rings is 4. The van der Waals surface area contributed by atoms with Gasteiger partial charge in [0, 0.05) is 96.7 Å². The number of hydrogen-bond donors (Lipinski definition) is 2. The van der Waals surface area contributed by atoms with Crippen LogP contribution in [0.2, 0.25) is 0 Å². The summed E-state index contributed by atoms with van der Waals surface area (Å²) in [6, 6.07) is 30.2. The highest BCUT2D eigenvalue weighted by Gasteiger charge is 2.22. The molecule has 0 bridgehead atoms. The molecule has 2 N–H and O–H groups in total. The minimum atomic E-state index is -0.717. The lowest BCUT2D eigenvalue weighted by Crippen LogP contribution is -2.36. The highest BCUT2D eigenvalue weighted by Crippen LogP contribution is 2.39. The normalized spacial score (nSPS) is 13.6. The van der Waals surface area contributed by atoms with Crippen molar-refractivity contribution in [3.63, 3.8) is 0 Å². The predicted molar refractivity (Wildman–Crippen MR) is 254 cm³/mol. The summed E-state index contributed by atoms with van der Waals surface area (Å²) in [5.41, 5.74) is 8.72. The first kappa shape index (κ1) is 45.0. The average molecular weight is 915 g/mol. The molecule has 4 aromatic heterocycles. The topological polar surface area (TPSA) is 148 Å². The largest absolute Gasteiger partial charge is 0.378 e. The Labute approximate surface area is 389 Å². The maximum atomic E-state index is 15.0. The molecule has 0 saturated carbocycles. The lowest BCUT2D eigenvalue weighted by Gasteiger charge is -2.29. The molecule has 2 aliphatic heterocycles. The van der Waals surface area contributed by atoms with Crippen LogP contribution in [-0.2, 0) is 9.47 Å². The van der Waals surface area contributed by atoms with Crippen LogP contribution in [0.1, 0.15) is 22.3 Å². The number of morpholine rings is 2. The summed E-state index contributed by atoms with van der Waals surface area (Å²) < 4.78 is 69.1. The molecule has 0 aliphatic carbocycles. The van der Waals surface area contributed by atoms with Gasteiger partial charge in [0.05, 0.1) is 106 Å². The minimum Gasteiger partial charge on any atom is -0.378 e. The third-order valence-electron chi connectivity index (χ3n) is 11.7. The molecule has 12 nitrogen and oxygen atoms in total. The van der Waals surface area contributed by atoms with E-state index in [0.717, 1.165) is 23.5 Å². The van der Waals surface area contributed by atoms with Crippen molar-refractivity contribution in [3.8, 4) is 34.9 Å². The molecule has 0 radical (unpaired) electrons. The molecule has 340 valence electrons. The van der Waals surface area contributed by atoms with Gasteiger partial charge in [-0.15, -0.1) is 0 Å². The maximum Gasteiger partial charge on any atom is 0.137 e. The fraction of sp³-hybridized carbons (Fsp3) is 0.192. The van der Waals surface area contributed by atoms with Crippen LogP contribution in [0.3, 0.4) is 0 Å². The maximum absolute atomic E-state index is 15.0. The molecule has 8 aromatic rings. The van der Waals surface area contributed by atoms with Gasteiger partial charge in [-0.2, -0.15) is 10.5 Å². The van der Waals surface area contributed by atoms with E-state index in [1.807, 2.05) is 50.2 Å². The van der Waals surface area contributed by atoms with Gasteiger partial charge < -0.3 is 29.9 Å². The van der Waals surface area contributed by atoms with Crippen LogP contribution in [0.4, 0.5) is 51.7 Å². The number of nitriles is 2. The summed E-state index contributed by atoms with van der Waals surface area (Å²) in [6.07, 6.45) is 3.29. The Morgan fingerprint density at radius 3 is 1.32 bits per heavy atom. The van der Waals surface area contributed by atoms with Crippen LogP contribution < -0.4 is 20.4 Å². The van der Waals surface area contributed by atoms with Crippen LogP contribution in [0, 0.1) is 59.8 Å². The highest BCUT2D eigenvalue weighted by atomic mass is 19.1. The summed E-state index contributed by atoms with van der Waals surface area (Å²) in [6.45, 7) is 8.92. The number of nitrogens with zero attached hydrogens (tertiary/aromatic N) is 8. The third-order valence-corrected chi connectivity index (χ3v) is 11.7. The van der Waals surface area contributed by atoms with Crippen molar-refractivity contribution >= 4 is 55.9 Å². The zero-order valence-electron chi connectivity index (χ0n) is 37.0. The van der Waals surface area contributed by atoms with E-state index in [1.54, 1.807) is 48.8 Å². The van der Waals surface area contributed by atoms with Crippen LogP contribution in [0.5, 0.6) is 0 Å². The Balaban J connectivity index is 0.000000170. The first-order chi connectivity index (χ1) is 33.1. The van der Waals surface area contributed by atoms with Gasteiger partial charge in [0.1, 0.15) is 23.3 Å². The van der Waals surface area contributed by atoms with Crippen LogP contribution in [0.25, 0.3) is 44.6 Å². The van der Waals surface area contributed by atoms with E-state index in [2.05, 4.69) is 52.5 Å². The van der Waals surface area contributed by atoms with Crippen LogP contribution >= 0.6 is 0 Å². The molecular weight excluding hydrogens is 873 g/mol. The first-order valence-electron chi connectivity index (χ1n) is 21.8. The Morgan fingerprint density at radius 2 is 0.956 bits per heavy atom. The number of rotatable bonds is 8. The van der Waals surface area contributed by atoms with Crippen molar-refractivity contribution in [1.82, 2.24) is 19.9 Å². The zero-order valence-corrected chi connectivity index (χ0v) is 37.0. The van der Waals surface area contributed by atoms with Gasteiger partial charge in [-0.1, -0.05) is 12.1 Å². The van der Waals surface area contributed by atoms with E-state index in [4.69, 9.17) is 9.47 Å². The number of fused-ring (bicyclic) bond motifs is 2. The van der Waals surface area contributed by atoms with Crippen molar-refractivity contribution in [2.75, 3.05) is 73.0 Å². The van der Waals surface area contributed by atoms with E-state index in [0.29, 0.717) is 120 Å².